The van der Waals surface area contributed by atoms with Crippen molar-refractivity contribution in [1.82, 2.24) is 10.3 Å². The van der Waals surface area contributed by atoms with Crippen LogP contribution in [-0.2, 0) is 23.0 Å². The Morgan fingerprint density at radius 1 is 0.635 bits per heavy atom. The van der Waals surface area contributed by atoms with Gasteiger partial charge in [0.05, 0.1) is 17.8 Å². The van der Waals surface area contributed by atoms with Gasteiger partial charge in [0.1, 0.15) is 12.1 Å². The van der Waals surface area contributed by atoms with E-state index in [1.807, 2.05) is 68.6 Å². The van der Waals surface area contributed by atoms with E-state index < -0.39 is 42.1 Å². The van der Waals surface area contributed by atoms with Crippen molar-refractivity contribution in [3.63, 3.8) is 0 Å². The zero-order chi connectivity index (χ0) is 55.1. The van der Waals surface area contributed by atoms with E-state index in [-0.39, 0.29) is 18.1 Å². The first-order chi connectivity index (χ1) is 34.6. The fraction of sp³-hybridized carbons (Fsp3) is 0.241. The van der Waals surface area contributed by atoms with E-state index in [1.54, 1.807) is 13.0 Å². The number of ether oxygens (including phenoxy) is 1. The molecular formula is C54H61N3O13P4. The highest BCUT2D eigenvalue weighted by atomic mass is 32.1. The lowest BCUT2D eigenvalue weighted by atomic mass is 9.99. The molecule has 1 aromatic heterocycles. The molecule has 1 aliphatic heterocycles. The number of aliphatic hydroxyl groups is 1. The van der Waals surface area contributed by atoms with Crippen LogP contribution in [0.1, 0.15) is 91.9 Å². The van der Waals surface area contributed by atoms with Crippen molar-refractivity contribution in [2.75, 3.05) is 0 Å². The van der Waals surface area contributed by atoms with Gasteiger partial charge in [0.15, 0.2) is 0 Å². The van der Waals surface area contributed by atoms with Crippen molar-refractivity contribution in [3.05, 3.63) is 207 Å². The smallest absolute Gasteiger partial charge is 0.561 e. The standard InChI is InChI=1S/C18H21NO2.C18H19NO.C18H17N.2H2O5P2/c1-12-7-9-15(10-8-12)17(14(3)20)19-18(21)16-6-4-5-13(2)11-16;1-12-7-9-15(10-8-12)17-14(3)20-18(19-17)16-6-4-5-13(2)11-16;1-12-5-4-6-15(9-12)18-17-10-13(2)7-8-16(17)14(3)11-19-18;2*1-6(2)7(3,4)5/h4-11,14,17,20H,1-3H3,(H,19,21);4-11,14,17H,1-3H3;4-11H,1-3H3;2*(H2,3,4,5). The van der Waals surface area contributed by atoms with Gasteiger partial charge in [-0.3, -0.25) is 29.4 Å². The molecule has 0 saturated heterocycles. The zero-order valence-corrected chi connectivity index (χ0v) is 45.9. The van der Waals surface area contributed by atoms with Crippen molar-refractivity contribution >= 4 is 52.6 Å². The molecule has 16 nitrogen and oxygen atoms in total. The average Bonchev–Trinajstić information content (AvgIpc) is 3.72. The number of aliphatic hydroxyl groups excluding tert-OH is 1. The molecule has 1 aliphatic rings. The first kappa shape index (κ1) is 60.6. The van der Waals surface area contributed by atoms with Gasteiger partial charge in [-0.15, -0.1) is 0 Å². The molecule has 0 aliphatic carbocycles. The second-order valence-corrected chi connectivity index (χ2v) is 25.8. The maximum Gasteiger partial charge on any atom is 0.561 e. The molecule has 8 rings (SSSR count). The van der Waals surface area contributed by atoms with Crippen molar-refractivity contribution in [3.8, 4) is 11.3 Å². The maximum absolute atomic E-state index is 12.3. The van der Waals surface area contributed by atoms with Crippen LogP contribution in [0.25, 0.3) is 22.0 Å². The van der Waals surface area contributed by atoms with Crippen LogP contribution in [0.2, 0.25) is 0 Å². The normalized spacial score (nSPS) is 15.1. The number of nitrogens with one attached hydrogen (secondary N) is 1. The highest BCUT2D eigenvalue weighted by Gasteiger charge is 2.31. The lowest BCUT2D eigenvalue weighted by molar-refractivity contribution is -0.160. The number of carbonyl (C=O) groups excluding carboxylic acids is 1. The van der Waals surface area contributed by atoms with Gasteiger partial charge in [-0.2, -0.15) is 0 Å². The zero-order valence-electron chi connectivity index (χ0n) is 42.4. The summed E-state index contributed by atoms with van der Waals surface area (Å²) < 4.78 is 43.4. The molecule has 6 unspecified atom stereocenters. The van der Waals surface area contributed by atoms with Gasteiger partial charge >= 0.3 is 30.0 Å². The Hall–Kier alpha value is -5.95. The van der Waals surface area contributed by atoms with Gasteiger partial charge in [0, 0.05) is 28.3 Å². The SMILES string of the molecule is Cc1ccc(C(NC(=O)c2cccc(C)c2)C(C)O)cc1.Cc1ccc(C2N=C(c3cccc(C)c3)OC2C)cc1.Cc1cccc(-c2ncc(C)c3ccc(C)cc23)c1.O=[P+]([O-])P(=O)(O)O.O=[P+]([O-])P(=O)(O)O. The summed E-state index contributed by atoms with van der Waals surface area (Å²) in [6, 6.07) is 46.9. The molecule has 0 radical (unpaired) electrons. The first-order valence-electron chi connectivity index (χ1n) is 23.0. The molecule has 0 bridgehead atoms. The second-order valence-electron chi connectivity index (χ2n) is 17.7. The topological polar surface area (TPSA) is 279 Å². The Morgan fingerprint density at radius 2 is 1.09 bits per heavy atom. The van der Waals surface area contributed by atoms with E-state index in [2.05, 4.69) is 137 Å². The minimum Gasteiger partial charge on any atom is -0.588 e. The number of aromatic nitrogens is 1. The third kappa shape index (κ3) is 18.8. The third-order valence-corrected chi connectivity index (χ3v) is 14.5. The molecule has 6 atom stereocenters. The van der Waals surface area contributed by atoms with Crippen LogP contribution < -0.4 is 15.1 Å². The van der Waals surface area contributed by atoms with Crippen LogP contribution in [0.5, 0.6) is 0 Å². The maximum atomic E-state index is 12.3. The molecule has 390 valence electrons. The van der Waals surface area contributed by atoms with Crippen LogP contribution in [0.4, 0.5) is 0 Å². The Morgan fingerprint density at radius 3 is 1.59 bits per heavy atom. The molecular weight excluding hydrogens is 1020 g/mol. The van der Waals surface area contributed by atoms with Gasteiger partial charge in [-0.1, -0.05) is 146 Å². The molecule has 74 heavy (non-hydrogen) atoms. The van der Waals surface area contributed by atoms with E-state index in [0.717, 1.165) is 33.8 Å². The number of hydrogen-bond acceptors (Lipinski definition) is 11. The highest BCUT2D eigenvalue weighted by Crippen LogP contribution is 2.57. The molecule has 20 heteroatoms. The van der Waals surface area contributed by atoms with Gasteiger partial charge in [0.2, 0.25) is 5.90 Å². The number of benzene rings is 6. The first-order valence-corrected chi connectivity index (χ1v) is 30.0. The molecule has 7 aromatic rings. The lowest BCUT2D eigenvalue weighted by Gasteiger charge is -2.22. The lowest BCUT2D eigenvalue weighted by Crippen LogP contribution is -2.35. The largest absolute Gasteiger partial charge is 0.588 e. The number of aryl methyl sites for hydroxylation is 7. The molecule has 6 aromatic carbocycles. The molecule has 0 fully saturated rings. The summed E-state index contributed by atoms with van der Waals surface area (Å²) in [5, 5.41) is 15.4. The number of carbonyl (C=O) groups is 1. The summed E-state index contributed by atoms with van der Waals surface area (Å²) in [6.07, 6.45) is 1.38. The molecule has 0 spiro atoms. The number of amides is 1. The van der Waals surface area contributed by atoms with E-state index in [0.29, 0.717) is 5.56 Å². The van der Waals surface area contributed by atoms with Gasteiger partial charge in [-0.05, 0) is 121 Å². The fourth-order valence-corrected chi connectivity index (χ4v) is 7.32. The number of aliphatic imine (C=N–C) groups is 1. The van der Waals surface area contributed by atoms with E-state index >= 15 is 0 Å². The van der Waals surface area contributed by atoms with Crippen LogP contribution in [0, 0.1) is 48.5 Å². The number of nitrogens with zero attached hydrogens (tertiary/aromatic N) is 2. The van der Waals surface area contributed by atoms with Gasteiger partial charge in [-0.25, -0.2) is 14.1 Å². The summed E-state index contributed by atoms with van der Waals surface area (Å²) in [5.74, 6) is 0.581. The molecule has 1 amide bonds. The summed E-state index contributed by atoms with van der Waals surface area (Å²) >= 11 is 0. The quantitative estimate of drug-likeness (QED) is 0.0734. The van der Waals surface area contributed by atoms with Crippen LogP contribution >= 0.6 is 30.0 Å². The Labute approximate surface area is 433 Å². The van der Waals surface area contributed by atoms with Crippen LogP contribution in [-0.4, -0.2) is 53.7 Å². The monoisotopic (exact) mass is 1080 g/mol. The summed E-state index contributed by atoms with van der Waals surface area (Å²) in [7, 11) is -16.7. The summed E-state index contributed by atoms with van der Waals surface area (Å²) in [6.45, 7) is 18.3. The molecule has 2 heterocycles. The number of pyridine rings is 1. The predicted octanol–water partition coefficient (Wildman–Crippen LogP) is 10.6. The molecule has 6 N–H and O–H groups in total. The van der Waals surface area contributed by atoms with Gasteiger partial charge < -0.3 is 24.9 Å². The Bertz CT molecular complexity index is 3160. The molecule has 0 saturated carbocycles. The average molecular weight is 1080 g/mol. The third-order valence-electron chi connectivity index (χ3n) is 11.1. The Kier molecular flexibility index (Phi) is 22.6. The van der Waals surface area contributed by atoms with Gasteiger partial charge in [0.25, 0.3) is 5.91 Å². The van der Waals surface area contributed by atoms with E-state index in [4.69, 9.17) is 29.3 Å². The van der Waals surface area contributed by atoms with Crippen molar-refractivity contribution in [2.45, 2.75) is 86.6 Å². The summed E-state index contributed by atoms with van der Waals surface area (Å²) in [4.78, 5) is 70.8. The fourth-order valence-electron chi connectivity index (χ4n) is 7.32. The number of hydrogen-bond donors (Lipinski definition) is 6. The number of rotatable bonds is 9. The second kappa shape index (κ2) is 27.5. The van der Waals surface area contributed by atoms with Crippen LogP contribution in [0.15, 0.2) is 151 Å². The summed E-state index contributed by atoms with van der Waals surface area (Å²) in [5.41, 5.74) is 14.5. The van der Waals surface area contributed by atoms with Crippen molar-refractivity contribution in [2.24, 2.45) is 4.99 Å². The van der Waals surface area contributed by atoms with E-state index in [9.17, 15) is 37.9 Å². The van der Waals surface area contributed by atoms with E-state index in [1.165, 1.54) is 49.7 Å². The van der Waals surface area contributed by atoms with Crippen molar-refractivity contribution < 1.29 is 62.3 Å². The minimum atomic E-state index is -4.78. The number of fused-ring (bicyclic) bond motifs is 1. The Balaban J connectivity index is 0.000000213. The van der Waals surface area contributed by atoms with Crippen LogP contribution in [0.3, 0.4) is 0 Å². The highest BCUT2D eigenvalue weighted by molar-refractivity contribution is 8.19. The van der Waals surface area contributed by atoms with Crippen molar-refractivity contribution in [1.29, 1.82) is 0 Å². The predicted molar refractivity (Wildman–Crippen MR) is 287 cm³/mol. The minimum absolute atomic E-state index is 0.0771.